The van der Waals surface area contributed by atoms with Gasteiger partial charge in [-0.15, -0.1) is 0 Å². The first-order valence-corrected chi connectivity index (χ1v) is 10.6. The van der Waals surface area contributed by atoms with Crippen LogP contribution in [-0.4, -0.2) is 35.2 Å². The quantitative estimate of drug-likeness (QED) is 0.317. The average molecular weight is 438 g/mol. The molecule has 1 heterocycles. The fraction of sp³-hybridized carbons (Fsp3) is 0.261. The summed E-state index contributed by atoms with van der Waals surface area (Å²) in [7, 11) is 0. The summed E-state index contributed by atoms with van der Waals surface area (Å²) in [5.41, 5.74) is 12.7. The van der Waals surface area contributed by atoms with Crippen LogP contribution in [0.4, 0.5) is 0 Å². The lowest BCUT2D eigenvalue weighted by molar-refractivity contribution is 0.0940. The summed E-state index contributed by atoms with van der Waals surface area (Å²) in [5, 5.41) is 5.13. The highest BCUT2D eigenvalue weighted by Gasteiger charge is 2.13. The number of carbonyl (C=O) groups is 1. The summed E-state index contributed by atoms with van der Waals surface area (Å²) in [6.45, 7) is 3.13. The molecule has 8 heteroatoms. The van der Waals surface area contributed by atoms with E-state index < -0.39 is 0 Å². The fourth-order valence-electron chi connectivity index (χ4n) is 3.15. The Morgan fingerprint density at radius 1 is 1.16 bits per heavy atom. The molecular weight excluding hydrogens is 410 g/mol. The lowest BCUT2D eigenvalue weighted by atomic mass is 10.1. The van der Waals surface area contributed by atoms with E-state index in [0.29, 0.717) is 25.3 Å². The van der Waals surface area contributed by atoms with Crippen molar-refractivity contribution in [2.24, 2.45) is 5.73 Å². The molecule has 2 aromatic carbocycles. The molecule has 1 atom stereocenters. The molecule has 31 heavy (non-hydrogen) atoms. The Hall–Kier alpha value is -3.23. The normalized spacial score (nSPS) is 11.5. The lowest BCUT2D eigenvalue weighted by Gasteiger charge is -2.20. The van der Waals surface area contributed by atoms with E-state index in [1.165, 1.54) is 0 Å². The molecule has 0 saturated carbocycles. The first-order chi connectivity index (χ1) is 15.1. The Labute approximate surface area is 187 Å². The van der Waals surface area contributed by atoms with Gasteiger partial charge >= 0.3 is 0 Å². The standard InChI is InChI=1S/C23H27N5O2S/c1-2-12-30-19-8-5-6-16(14-19)13-18(15-24)26-23(31)28-27-22(29)21-20-9-4-3-7-17(20)10-11-25-21/h3-11,14,18H,2,12-13,15,24H2,1H3,(H,27,29)(H2,26,28,31). The highest BCUT2D eigenvalue weighted by Crippen LogP contribution is 2.16. The van der Waals surface area contributed by atoms with Crippen molar-refractivity contribution < 1.29 is 9.53 Å². The second-order valence-electron chi connectivity index (χ2n) is 7.07. The number of nitrogens with one attached hydrogen (secondary N) is 3. The minimum Gasteiger partial charge on any atom is -0.494 e. The van der Waals surface area contributed by atoms with E-state index in [1.807, 2.05) is 54.6 Å². The molecule has 1 aromatic heterocycles. The molecule has 1 amide bonds. The zero-order chi connectivity index (χ0) is 22.1. The summed E-state index contributed by atoms with van der Waals surface area (Å²) in [6.07, 6.45) is 3.23. The smallest absolute Gasteiger partial charge is 0.288 e. The van der Waals surface area contributed by atoms with Crippen LogP contribution < -0.4 is 26.6 Å². The largest absolute Gasteiger partial charge is 0.494 e. The number of nitrogens with zero attached hydrogens (tertiary/aromatic N) is 1. The number of hydrogen-bond acceptors (Lipinski definition) is 5. The van der Waals surface area contributed by atoms with Gasteiger partial charge in [0.15, 0.2) is 5.11 Å². The van der Waals surface area contributed by atoms with Crippen molar-refractivity contribution in [2.75, 3.05) is 13.2 Å². The van der Waals surface area contributed by atoms with Crippen LogP contribution in [0, 0.1) is 0 Å². The van der Waals surface area contributed by atoms with E-state index in [2.05, 4.69) is 28.1 Å². The maximum atomic E-state index is 12.6. The average Bonchev–Trinajstić information content (AvgIpc) is 2.80. The predicted octanol–water partition coefficient (Wildman–Crippen LogP) is 2.70. The molecule has 1 unspecified atom stereocenters. The topological polar surface area (TPSA) is 101 Å². The molecule has 0 aliphatic carbocycles. The number of ether oxygens (including phenoxy) is 1. The number of pyridine rings is 1. The van der Waals surface area contributed by atoms with Crippen LogP contribution in [-0.2, 0) is 6.42 Å². The van der Waals surface area contributed by atoms with Crippen LogP contribution in [0.3, 0.4) is 0 Å². The SMILES string of the molecule is CCCOc1cccc(CC(CN)NC(=S)NNC(=O)c2nccc3ccccc23)c1. The van der Waals surface area contributed by atoms with Gasteiger partial charge in [-0.05, 0) is 54.2 Å². The molecule has 162 valence electrons. The van der Waals surface area contributed by atoms with Gasteiger partial charge in [0.1, 0.15) is 11.4 Å². The van der Waals surface area contributed by atoms with Crippen LogP contribution >= 0.6 is 12.2 Å². The van der Waals surface area contributed by atoms with Gasteiger partial charge in [-0.2, -0.15) is 0 Å². The summed E-state index contributed by atoms with van der Waals surface area (Å²) < 4.78 is 5.69. The Morgan fingerprint density at radius 2 is 2.00 bits per heavy atom. The van der Waals surface area contributed by atoms with Crippen molar-refractivity contribution in [3.8, 4) is 5.75 Å². The highest BCUT2D eigenvalue weighted by molar-refractivity contribution is 7.80. The molecule has 0 aliphatic heterocycles. The summed E-state index contributed by atoms with van der Waals surface area (Å²) in [5.74, 6) is 0.469. The second-order valence-corrected chi connectivity index (χ2v) is 7.47. The summed E-state index contributed by atoms with van der Waals surface area (Å²) in [4.78, 5) is 16.8. The third-order valence-corrected chi connectivity index (χ3v) is 4.87. The number of thiocarbonyl (C=S) groups is 1. The molecule has 7 nitrogen and oxygen atoms in total. The minimum atomic E-state index is -0.369. The fourth-order valence-corrected chi connectivity index (χ4v) is 3.37. The molecule has 0 fully saturated rings. The van der Waals surface area contributed by atoms with E-state index in [0.717, 1.165) is 28.5 Å². The van der Waals surface area contributed by atoms with Crippen LogP contribution in [0.25, 0.3) is 10.8 Å². The van der Waals surface area contributed by atoms with Crippen LogP contribution in [0.5, 0.6) is 5.75 Å². The van der Waals surface area contributed by atoms with Gasteiger partial charge in [0.2, 0.25) is 0 Å². The number of benzene rings is 2. The number of hydrazine groups is 1. The van der Waals surface area contributed by atoms with Crippen LogP contribution in [0.2, 0.25) is 0 Å². The van der Waals surface area contributed by atoms with E-state index >= 15 is 0 Å². The third kappa shape index (κ3) is 6.37. The molecule has 0 aliphatic rings. The van der Waals surface area contributed by atoms with E-state index in [4.69, 9.17) is 22.7 Å². The number of carbonyl (C=O) groups excluding carboxylic acids is 1. The number of rotatable bonds is 8. The molecule has 3 aromatic rings. The minimum absolute atomic E-state index is 0.103. The van der Waals surface area contributed by atoms with Gasteiger partial charge in [-0.1, -0.05) is 43.3 Å². The van der Waals surface area contributed by atoms with Gasteiger partial charge in [0.05, 0.1) is 6.61 Å². The Kier molecular flexibility index (Phi) is 8.14. The molecule has 0 radical (unpaired) electrons. The van der Waals surface area contributed by atoms with Crippen LogP contribution in [0.1, 0.15) is 29.4 Å². The lowest BCUT2D eigenvalue weighted by Crippen LogP contribution is -2.52. The molecule has 3 rings (SSSR count). The third-order valence-electron chi connectivity index (χ3n) is 4.65. The highest BCUT2D eigenvalue weighted by atomic mass is 32.1. The van der Waals surface area contributed by atoms with Crippen molar-refractivity contribution in [3.05, 3.63) is 72.1 Å². The van der Waals surface area contributed by atoms with E-state index in [1.54, 1.807) is 6.20 Å². The Bertz CT molecular complexity index is 1040. The predicted molar refractivity (Wildman–Crippen MR) is 127 cm³/mol. The number of amides is 1. The summed E-state index contributed by atoms with van der Waals surface area (Å²) >= 11 is 5.32. The van der Waals surface area contributed by atoms with E-state index in [-0.39, 0.29) is 17.1 Å². The number of nitrogens with two attached hydrogens (primary N) is 1. The zero-order valence-corrected chi connectivity index (χ0v) is 18.2. The van der Waals surface area contributed by atoms with Crippen molar-refractivity contribution in [1.82, 2.24) is 21.2 Å². The Morgan fingerprint density at radius 3 is 2.81 bits per heavy atom. The van der Waals surface area contributed by atoms with Gasteiger partial charge in [-0.25, -0.2) is 0 Å². The van der Waals surface area contributed by atoms with E-state index in [9.17, 15) is 4.79 Å². The second kappa shape index (κ2) is 11.2. The number of fused-ring (bicyclic) bond motifs is 1. The molecule has 0 bridgehead atoms. The van der Waals surface area contributed by atoms with Crippen LogP contribution in [0.15, 0.2) is 60.8 Å². The van der Waals surface area contributed by atoms with Gasteiger partial charge in [0.25, 0.3) is 5.91 Å². The zero-order valence-electron chi connectivity index (χ0n) is 17.4. The maximum absolute atomic E-state index is 12.6. The number of aromatic nitrogens is 1. The monoisotopic (exact) mass is 437 g/mol. The van der Waals surface area contributed by atoms with Gasteiger partial charge < -0.3 is 15.8 Å². The van der Waals surface area contributed by atoms with Crippen molar-refractivity contribution in [2.45, 2.75) is 25.8 Å². The number of hydrogen-bond donors (Lipinski definition) is 4. The Balaban J connectivity index is 1.55. The molecule has 0 spiro atoms. The van der Waals surface area contributed by atoms with Crippen molar-refractivity contribution >= 4 is 34.0 Å². The van der Waals surface area contributed by atoms with Gasteiger partial charge in [-0.3, -0.25) is 20.6 Å². The molecule has 5 N–H and O–H groups in total. The van der Waals surface area contributed by atoms with Gasteiger partial charge in [0, 0.05) is 24.2 Å². The molecular formula is C23H27N5O2S. The first kappa shape index (κ1) is 22.5. The first-order valence-electron chi connectivity index (χ1n) is 10.2. The molecule has 0 saturated heterocycles. The van der Waals surface area contributed by atoms with Crippen molar-refractivity contribution in [3.63, 3.8) is 0 Å². The summed E-state index contributed by atoms with van der Waals surface area (Å²) in [6, 6.07) is 17.3. The maximum Gasteiger partial charge on any atom is 0.288 e. The van der Waals surface area contributed by atoms with Crippen molar-refractivity contribution in [1.29, 1.82) is 0 Å².